The number of carboxylic acid groups (broad SMARTS) is 1. The lowest BCUT2D eigenvalue weighted by Crippen LogP contribution is -2.44. The first-order valence-electron chi connectivity index (χ1n) is 5.89. The Kier molecular flexibility index (Phi) is 4.07. The van der Waals surface area contributed by atoms with E-state index in [1.807, 2.05) is 0 Å². The summed E-state index contributed by atoms with van der Waals surface area (Å²) in [6.07, 6.45) is 0. The number of rotatable bonds is 5. The molecule has 0 aliphatic heterocycles. The standard InChI is InChI=1S/C12H14N2O4S2/c1-7(2)11(12(15)16)14-20(17,18)8-3-4-9-10(5-8)19-6-13-9/h3-7,11,14H,1-2H3,(H,15,16)/t11-/m0/s1. The van der Waals surface area contributed by atoms with Crippen LogP contribution in [0, 0.1) is 5.92 Å². The number of hydrogen-bond acceptors (Lipinski definition) is 5. The van der Waals surface area contributed by atoms with E-state index < -0.39 is 22.0 Å². The number of benzene rings is 1. The summed E-state index contributed by atoms with van der Waals surface area (Å²) in [5.41, 5.74) is 2.34. The number of carboxylic acids is 1. The Morgan fingerprint density at radius 3 is 2.70 bits per heavy atom. The number of fused-ring (bicyclic) bond motifs is 1. The van der Waals surface area contributed by atoms with Crippen molar-refractivity contribution < 1.29 is 18.3 Å². The van der Waals surface area contributed by atoms with Crippen LogP contribution in [-0.2, 0) is 14.8 Å². The Balaban J connectivity index is 2.36. The number of nitrogens with zero attached hydrogens (tertiary/aromatic N) is 1. The monoisotopic (exact) mass is 314 g/mol. The molecule has 0 aliphatic carbocycles. The molecule has 0 radical (unpaired) electrons. The lowest BCUT2D eigenvalue weighted by Gasteiger charge is -2.17. The number of aliphatic carboxylic acids is 1. The highest BCUT2D eigenvalue weighted by Gasteiger charge is 2.28. The summed E-state index contributed by atoms with van der Waals surface area (Å²) in [5.74, 6) is -1.54. The topological polar surface area (TPSA) is 96.4 Å². The SMILES string of the molecule is CC(C)[C@H](NS(=O)(=O)c1ccc2ncsc2c1)C(=O)O. The smallest absolute Gasteiger partial charge is 0.322 e. The molecule has 1 aromatic carbocycles. The largest absolute Gasteiger partial charge is 0.480 e. The van der Waals surface area contributed by atoms with E-state index in [1.165, 1.54) is 23.5 Å². The molecule has 0 unspecified atom stereocenters. The third kappa shape index (κ3) is 2.97. The molecule has 0 aliphatic rings. The molecule has 6 nitrogen and oxygen atoms in total. The molecule has 0 fully saturated rings. The molecular formula is C12H14N2O4S2. The van der Waals surface area contributed by atoms with Crippen LogP contribution < -0.4 is 4.72 Å². The number of sulfonamides is 1. The quantitative estimate of drug-likeness (QED) is 0.875. The maximum absolute atomic E-state index is 12.2. The summed E-state index contributed by atoms with van der Waals surface area (Å²) in [5, 5.41) is 9.06. The summed E-state index contributed by atoms with van der Waals surface area (Å²) in [4.78, 5) is 15.2. The normalized spacial score (nSPS) is 13.8. The highest BCUT2D eigenvalue weighted by Crippen LogP contribution is 2.22. The lowest BCUT2D eigenvalue weighted by atomic mass is 10.1. The van der Waals surface area contributed by atoms with Gasteiger partial charge in [0.05, 0.1) is 20.6 Å². The molecule has 2 aromatic rings. The van der Waals surface area contributed by atoms with Gasteiger partial charge in [-0.05, 0) is 24.1 Å². The van der Waals surface area contributed by atoms with Crippen LogP contribution in [0.4, 0.5) is 0 Å². The van der Waals surface area contributed by atoms with E-state index in [-0.39, 0.29) is 10.8 Å². The van der Waals surface area contributed by atoms with Crippen molar-refractivity contribution in [2.45, 2.75) is 24.8 Å². The van der Waals surface area contributed by atoms with Crippen molar-refractivity contribution in [3.05, 3.63) is 23.7 Å². The third-order valence-corrected chi connectivity index (χ3v) is 5.06. The molecule has 0 saturated heterocycles. The molecule has 1 aromatic heterocycles. The number of thiazole rings is 1. The van der Waals surface area contributed by atoms with E-state index in [0.29, 0.717) is 5.52 Å². The Morgan fingerprint density at radius 2 is 2.10 bits per heavy atom. The van der Waals surface area contributed by atoms with Gasteiger partial charge in [-0.15, -0.1) is 11.3 Å². The van der Waals surface area contributed by atoms with Crippen LogP contribution in [0.25, 0.3) is 10.2 Å². The molecular weight excluding hydrogens is 300 g/mol. The Bertz CT molecular complexity index is 737. The molecule has 8 heteroatoms. The minimum Gasteiger partial charge on any atom is -0.480 e. The summed E-state index contributed by atoms with van der Waals surface area (Å²) in [7, 11) is -3.87. The summed E-state index contributed by atoms with van der Waals surface area (Å²) in [6.45, 7) is 3.29. The zero-order valence-electron chi connectivity index (χ0n) is 10.9. The fourth-order valence-electron chi connectivity index (χ4n) is 1.71. The summed E-state index contributed by atoms with van der Waals surface area (Å²) >= 11 is 1.33. The van der Waals surface area contributed by atoms with E-state index in [1.54, 1.807) is 25.4 Å². The van der Waals surface area contributed by atoms with Gasteiger partial charge in [0.15, 0.2) is 0 Å². The van der Waals surface area contributed by atoms with Gasteiger partial charge in [0.1, 0.15) is 6.04 Å². The predicted octanol–water partition coefficient (Wildman–Crippen LogP) is 1.68. The van der Waals surface area contributed by atoms with Crippen LogP contribution in [0.1, 0.15) is 13.8 Å². The van der Waals surface area contributed by atoms with Gasteiger partial charge in [-0.25, -0.2) is 13.4 Å². The lowest BCUT2D eigenvalue weighted by molar-refractivity contribution is -0.140. The van der Waals surface area contributed by atoms with Crippen molar-refractivity contribution in [1.29, 1.82) is 0 Å². The van der Waals surface area contributed by atoms with Crippen LogP contribution in [0.2, 0.25) is 0 Å². The Morgan fingerprint density at radius 1 is 1.40 bits per heavy atom. The van der Waals surface area contributed by atoms with Gasteiger partial charge in [0, 0.05) is 0 Å². The molecule has 1 heterocycles. The highest BCUT2D eigenvalue weighted by atomic mass is 32.2. The number of nitrogens with one attached hydrogen (secondary N) is 1. The van der Waals surface area contributed by atoms with Crippen molar-refractivity contribution in [2.24, 2.45) is 5.92 Å². The zero-order valence-corrected chi connectivity index (χ0v) is 12.5. The molecule has 0 amide bonds. The van der Waals surface area contributed by atoms with Crippen molar-refractivity contribution in [2.75, 3.05) is 0 Å². The highest BCUT2D eigenvalue weighted by molar-refractivity contribution is 7.89. The molecule has 0 bridgehead atoms. The second-order valence-corrected chi connectivity index (χ2v) is 7.26. The fourth-order valence-corrected chi connectivity index (χ4v) is 3.86. The average Bonchev–Trinajstić information content (AvgIpc) is 2.82. The Hall–Kier alpha value is -1.51. The zero-order chi connectivity index (χ0) is 14.9. The van der Waals surface area contributed by atoms with Crippen molar-refractivity contribution in [3.8, 4) is 0 Å². The summed E-state index contributed by atoms with van der Waals surface area (Å²) in [6, 6.07) is 3.36. The van der Waals surface area contributed by atoms with E-state index in [2.05, 4.69) is 9.71 Å². The van der Waals surface area contributed by atoms with Gasteiger partial charge in [-0.3, -0.25) is 4.79 Å². The minimum atomic E-state index is -3.87. The molecule has 0 saturated carbocycles. The van der Waals surface area contributed by atoms with Gasteiger partial charge in [-0.2, -0.15) is 4.72 Å². The maximum Gasteiger partial charge on any atom is 0.322 e. The Labute approximate surface area is 120 Å². The molecule has 0 spiro atoms. The fraction of sp³-hybridized carbons (Fsp3) is 0.333. The van der Waals surface area contributed by atoms with Crippen LogP contribution >= 0.6 is 11.3 Å². The van der Waals surface area contributed by atoms with Crippen LogP contribution in [0.3, 0.4) is 0 Å². The molecule has 2 rings (SSSR count). The van der Waals surface area contributed by atoms with E-state index in [4.69, 9.17) is 5.11 Å². The van der Waals surface area contributed by atoms with Gasteiger partial charge in [0.25, 0.3) is 0 Å². The van der Waals surface area contributed by atoms with Gasteiger partial charge < -0.3 is 5.11 Å². The maximum atomic E-state index is 12.2. The van der Waals surface area contributed by atoms with Crippen molar-refractivity contribution in [1.82, 2.24) is 9.71 Å². The van der Waals surface area contributed by atoms with Crippen LogP contribution in [0.15, 0.2) is 28.6 Å². The average molecular weight is 314 g/mol. The van der Waals surface area contributed by atoms with E-state index in [9.17, 15) is 13.2 Å². The predicted molar refractivity (Wildman–Crippen MR) is 76.2 cm³/mol. The first-order valence-corrected chi connectivity index (χ1v) is 8.26. The molecule has 20 heavy (non-hydrogen) atoms. The first-order chi connectivity index (χ1) is 9.31. The first kappa shape index (κ1) is 14.9. The number of aromatic nitrogens is 1. The second kappa shape index (κ2) is 5.47. The van der Waals surface area contributed by atoms with Gasteiger partial charge in [0.2, 0.25) is 10.0 Å². The van der Waals surface area contributed by atoms with E-state index in [0.717, 1.165) is 4.70 Å². The molecule has 2 N–H and O–H groups in total. The summed E-state index contributed by atoms with van der Waals surface area (Å²) < 4.78 is 27.4. The number of hydrogen-bond donors (Lipinski definition) is 2. The van der Waals surface area contributed by atoms with Crippen molar-refractivity contribution in [3.63, 3.8) is 0 Å². The van der Waals surface area contributed by atoms with Crippen LogP contribution in [-0.4, -0.2) is 30.5 Å². The second-order valence-electron chi connectivity index (χ2n) is 4.66. The van der Waals surface area contributed by atoms with Crippen LogP contribution in [0.5, 0.6) is 0 Å². The third-order valence-electron chi connectivity index (χ3n) is 2.83. The van der Waals surface area contributed by atoms with Crippen molar-refractivity contribution >= 4 is 37.5 Å². The molecule has 108 valence electrons. The number of carbonyl (C=O) groups is 1. The van der Waals surface area contributed by atoms with Gasteiger partial charge in [-0.1, -0.05) is 13.8 Å². The van der Waals surface area contributed by atoms with E-state index >= 15 is 0 Å². The van der Waals surface area contributed by atoms with Gasteiger partial charge >= 0.3 is 5.97 Å². The minimum absolute atomic E-state index is 0.0427. The molecule has 1 atom stereocenters.